The van der Waals surface area contributed by atoms with Crippen LogP contribution < -0.4 is 0 Å². The van der Waals surface area contributed by atoms with E-state index < -0.39 is 5.60 Å². The molecule has 1 aliphatic heterocycles. The van der Waals surface area contributed by atoms with Crippen LogP contribution in [0, 0.1) is 5.92 Å². The molecular formula is C16H27N3O2S. The predicted octanol–water partition coefficient (Wildman–Crippen LogP) is 3.39. The van der Waals surface area contributed by atoms with Gasteiger partial charge in [0.1, 0.15) is 10.6 Å². The van der Waals surface area contributed by atoms with Crippen LogP contribution in [0.3, 0.4) is 0 Å². The highest BCUT2D eigenvalue weighted by Gasteiger charge is 2.31. The second-order valence-electron chi connectivity index (χ2n) is 7.07. The Labute approximate surface area is 137 Å². The van der Waals surface area contributed by atoms with E-state index in [1.807, 2.05) is 37.2 Å². The molecule has 1 saturated heterocycles. The first kappa shape index (κ1) is 17.2. The molecule has 1 aliphatic rings. The van der Waals surface area contributed by atoms with Crippen molar-refractivity contribution in [3.8, 4) is 0 Å². The molecule has 22 heavy (non-hydrogen) atoms. The van der Waals surface area contributed by atoms with Crippen molar-refractivity contribution in [1.82, 2.24) is 14.8 Å². The zero-order valence-electron chi connectivity index (χ0n) is 14.2. The molecule has 0 radical (unpaired) electrons. The van der Waals surface area contributed by atoms with Crippen molar-refractivity contribution in [3.05, 3.63) is 16.6 Å². The lowest BCUT2D eigenvalue weighted by atomic mass is 10.1. The van der Waals surface area contributed by atoms with E-state index in [0.29, 0.717) is 12.0 Å². The lowest BCUT2D eigenvalue weighted by Crippen LogP contribution is -2.36. The molecule has 0 N–H and O–H groups in total. The van der Waals surface area contributed by atoms with Gasteiger partial charge in [-0.2, -0.15) is 0 Å². The standard InChI is InChI=1S/C16H27N3O2S/c1-12(14-17-7-9-22-14)18(5)10-13-6-8-19(11-13)15(20)21-16(2,3)4/h7,9,12-13H,6,8,10-11H2,1-5H3/t12-,13-/m1/s1. The van der Waals surface area contributed by atoms with Gasteiger partial charge in [-0.25, -0.2) is 9.78 Å². The molecular weight excluding hydrogens is 298 g/mol. The molecule has 0 unspecified atom stereocenters. The van der Waals surface area contributed by atoms with Gasteiger partial charge in [0.2, 0.25) is 0 Å². The van der Waals surface area contributed by atoms with Crippen LogP contribution in [0.2, 0.25) is 0 Å². The Morgan fingerprint density at radius 3 is 2.91 bits per heavy atom. The molecule has 6 heteroatoms. The Morgan fingerprint density at radius 1 is 1.59 bits per heavy atom. The van der Waals surface area contributed by atoms with Crippen molar-refractivity contribution < 1.29 is 9.53 Å². The van der Waals surface area contributed by atoms with Crippen LogP contribution in [-0.4, -0.2) is 53.2 Å². The fourth-order valence-electron chi connectivity index (χ4n) is 2.67. The van der Waals surface area contributed by atoms with E-state index in [1.54, 1.807) is 11.3 Å². The first-order chi connectivity index (χ1) is 10.3. The summed E-state index contributed by atoms with van der Waals surface area (Å²) in [6, 6.07) is 0.315. The number of thiazole rings is 1. The van der Waals surface area contributed by atoms with Crippen LogP contribution in [0.4, 0.5) is 4.79 Å². The van der Waals surface area contributed by atoms with Gasteiger partial charge < -0.3 is 9.64 Å². The first-order valence-corrected chi connectivity index (χ1v) is 8.72. The lowest BCUT2D eigenvalue weighted by molar-refractivity contribution is 0.0285. The van der Waals surface area contributed by atoms with Crippen molar-refractivity contribution >= 4 is 17.4 Å². The monoisotopic (exact) mass is 325 g/mol. The summed E-state index contributed by atoms with van der Waals surface area (Å²) in [5, 5.41) is 3.16. The molecule has 1 aromatic rings. The number of carbonyl (C=O) groups excluding carboxylic acids is 1. The van der Waals surface area contributed by atoms with Gasteiger partial charge in [0.25, 0.3) is 0 Å². The molecule has 0 aliphatic carbocycles. The SMILES string of the molecule is C[C@H](c1nccs1)N(C)C[C@H]1CCN(C(=O)OC(C)(C)C)C1. The average Bonchev–Trinajstić information content (AvgIpc) is 3.06. The minimum absolute atomic E-state index is 0.189. The van der Waals surface area contributed by atoms with Crippen molar-refractivity contribution in [1.29, 1.82) is 0 Å². The maximum atomic E-state index is 12.1. The molecule has 5 nitrogen and oxygen atoms in total. The quantitative estimate of drug-likeness (QED) is 0.851. The van der Waals surface area contributed by atoms with Crippen molar-refractivity contribution in [2.75, 3.05) is 26.7 Å². The molecule has 2 heterocycles. The van der Waals surface area contributed by atoms with Crippen molar-refractivity contribution in [3.63, 3.8) is 0 Å². The van der Waals surface area contributed by atoms with Crippen LogP contribution in [-0.2, 0) is 4.74 Å². The number of likely N-dealkylation sites (tertiary alicyclic amines) is 1. The number of aromatic nitrogens is 1. The molecule has 124 valence electrons. The van der Waals surface area contributed by atoms with Crippen LogP contribution in [0.15, 0.2) is 11.6 Å². The largest absolute Gasteiger partial charge is 0.444 e. The van der Waals surface area contributed by atoms with Crippen LogP contribution in [0.5, 0.6) is 0 Å². The lowest BCUT2D eigenvalue weighted by Gasteiger charge is -2.27. The molecule has 0 spiro atoms. The predicted molar refractivity (Wildman–Crippen MR) is 89.1 cm³/mol. The van der Waals surface area contributed by atoms with Crippen molar-refractivity contribution in [2.45, 2.75) is 45.8 Å². The maximum absolute atomic E-state index is 12.1. The number of amides is 1. The fraction of sp³-hybridized carbons (Fsp3) is 0.750. The summed E-state index contributed by atoms with van der Waals surface area (Å²) in [7, 11) is 2.13. The Morgan fingerprint density at radius 2 is 2.32 bits per heavy atom. The van der Waals surface area contributed by atoms with E-state index >= 15 is 0 Å². The summed E-state index contributed by atoms with van der Waals surface area (Å²) in [5.41, 5.74) is -0.425. The Balaban J connectivity index is 1.82. The van der Waals surface area contributed by atoms with E-state index in [4.69, 9.17) is 4.74 Å². The van der Waals surface area contributed by atoms with Gasteiger partial charge in [-0.05, 0) is 47.1 Å². The van der Waals surface area contributed by atoms with E-state index in [1.165, 1.54) is 0 Å². The number of nitrogens with zero attached hydrogens (tertiary/aromatic N) is 3. The smallest absolute Gasteiger partial charge is 0.410 e. The number of hydrogen-bond donors (Lipinski definition) is 0. The Hall–Kier alpha value is -1.14. The van der Waals surface area contributed by atoms with Gasteiger partial charge >= 0.3 is 6.09 Å². The Bertz CT molecular complexity index is 484. The molecule has 2 atom stereocenters. The van der Waals surface area contributed by atoms with Gasteiger partial charge in [-0.15, -0.1) is 11.3 Å². The number of ether oxygens (including phenoxy) is 1. The summed E-state index contributed by atoms with van der Waals surface area (Å²) < 4.78 is 5.45. The van der Waals surface area contributed by atoms with Gasteiger partial charge in [0.15, 0.2) is 0 Å². The van der Waals surface area contributed by atoms with Gasteiger partial charge in [-0.1, -0.05) is 0 Å². The summed E-state index contributed by atoms with van der Waals surface area (Å²) in [6.07, 6.45) is 2.70. The molecule has 2 rings (SSSR count). The highest BCUT2D eigenvalue weighted by atomic mass is 32.1. The highest BCUT2D eigenvalue weighted by Crippen LogP contribution is 2.25. The van der Waals surface area contributed by atoms with Crippen LogP contribution in [0.25, 0.3) is 0 Å². The third kappa shape index (κ3) is 4.68. The van der Waals surface area contributed by atoms with Gasteiger partial charge in [-0.3, -0.25) is 4.90 Å². The number of hydrogen-bond acceptors (Lipinski definition) is 5. The fourth-order valence-corrected chi connectivity index (χ4v) is 3.43. The highest BCUT2D eigenvalue weighted by molar-refractivity contribution is 7.09. The topological polar surface area (TPSA) is 45.7 Å². The third-order valence-electron chi connectivity index (χ3n) is 3.95. The molecule has 0 aromatic carbocycles. The van der Waals surface area contributed by atoms with Crippen molar-refractivity contribution in [2.24, 2.45) is 5.92 Å². The van der Waals surface area contributed by atoms with E-state index in [9.17, 15) is 4.79 Å². The number of carbonyl (C=O) groups is 1. The second-order valence-corrected chi connectivity index (χ2v) is 7.99. The second kappa shape index (κ2) is 6.96. The van der Waals surface area contributed by atoms with E-state index in [0.717, 1.165) is 31.1 Å². The molecule has 0 saturated carbocycles. The summed E-state index contributed by atoms with van der Waals surface area (Å²) in [5.74, 6) is 0.500. The Kier molecular flexibility index (Phi) is 5.45. The van der Waals surface area contributed by atoms with Crippen LogP contribution >= 0.6 is 11.3 Å². The minimum atomic E-state index is -0.425. The van der Waals surface area contributed by atoms with Gasteiger partial charge in [0.05, 0.1) is 6.04 Å². The minimum Gasteiger partial charge on any atom is -0.444 e. The maximum Gasteiger partial charge on any atom is 0.410 e. The number of rotatable bonds is 4. The molecule has 1 aromatic heterocycles. The molecule has 1 fully saturated rings. The first-order valence-electron chi connectivity index (χ1n) is 7.84. The van der Waals surface area contributed by atoms with Gasteiger partial charge in [0, 0.05) is 31.2 Å². The zero-order chi connectivity index (χ0) is 16.3. The summed E-state index contributed by atoms with van der Waals surface area (Å²) >= 11 is 1.69. The third-order valence-corrected chi connectivity index (χ3v) is 4.90. The zero-order valence-corrected chi connectivity index (χ0v) is 15.0. The summed E-state index contributed by atoms with van der Waals surface area (Å²) in [6.45, 7) is 10.4. The normalized spacial score (nSPS) is 20.5. The molecule has 0 bridgehead atoms. The van der Waals surface area contributed by atoms with E-state index in [2.05, 4.69) is 23.9 Å². The molecule has 1 amide bonds. The van der Waals surface area contributed by atoms with Crippen LogP contribution in [0.1, 0.15) is 45.2 Å². The average molecular weight is 325 g/mol. The van der Waals surface area contributed by atoms with E-state index in [-0.39, 0.29) is 6.09 Å². The summed E-state index contributed by atoms with van der Waals surface area (Å²) in [4.78, 5) is 20.6.